The van der Waals surface area contributed by atoms with Crippen molar-refractivity contribution >= 4 is 75.1 Å². The lowest BCUT2D eigenvalue weighted by atomic mass is 10.0. The molecule has 0 saturated carbocycles. The average Bonchev–Trinajstić information content (AvgIpc) is 3.85. The smallest absolute Gasteiger partial charge is 0.0548 e. The molecule has 0 aliphatic carbocycles. The summed E-state index contributed by atoms with van der Waals surface area (Å²) >= 11 is 1.87. The first kappa shape index (κ1) is 28.4. The highest BCUT2D eigenvalue weighted by Crippen LogP contribution is 2.43. The van der Waals surface area contributed by atoms with Crippen molar-refractivity contribution in [2.75, 3.05) is 0 Å². The summed E-state index contributed by atoms with van der Waals surface area (Å²) in [6.45, 7) is 0. The highest BCUT2D eigenvalue weighted by Gasteiger charge is 2.20. The van der Waals surface area contributed by atoms with E-state index in [1.807, 2.05) is 11.3 Å². The van der Waals surface area contributed by atoms with Crippen molar-refractivity contribution in [2.24, 2.45) is 0 Å². The summed E-state index contributed by atoms with van der Waals surface area (Å²) in [6, 6.07) is 66.6. The fourth-order valence-corrected chi connectivity index (χ4v) is 9.38. The van der Waals surface area contributed by atoms with Crippen LogP contribution in [0.2, 0.25) is 0 Å². The molecule has 3 heterocycles. The zero-order valence-corrected chi connectivity index (χ0v) is 28.4. The fraction of sp³-hybridized carbons (Fsp3) is 0. The van der Waals surface area contributed by atoms with Gasteiger partial charge in [-0.05, 0) is 82.9 Å². The molecule has 51 heavy (non-hydrogen) atoms. The Morgan fingerprint density at radius 2 is 0.824 bits per heavy atom. The van der Waals surface area contributed by atoms with E-state index in [2.05, 4.69) is 191 Å². The highest BCUT2D eigenvalue weighted by atomic mass is 32.1. The third kappa shape index (κ3) is 4.29. The molecule has 0 saturated heterocycles. The second-order valence-corrected chi connectivity index (χ2v) is 14.4. The van der Waals surface area contributed by atoms with E-state index in [0.717, 1.165) is 11.4 Å². The van der Waals surface area contributed by atoms with Crippen LogP contribution in [0.25, 0.3) is 97.4 Å². The van der Waals surface area contributed by atoms with Crippen molar-refractivity contribution in [3.05, 3.63) is 182 Å². The predicted octanol–water partition coefficient (Wildman–Crippen LogP) is 13.6. The Morgan fingerprint density at radius 1 is 0.294 bits per heavy atom. The summed E-state index contributed by atoms with van der Waals surface area (Å²) in [6.07, 6.45) is 0. The van der Waals surface area contributed by atoms with Gasteiger partial charge in [0.15, 0.2) is 0 Å². The van der Waals surface area contributed by atoms with Crippen LogP contribution in [0.3, 0.4) is 0 Å². The normalized spacial score (nSPS) is 11.9. The fourth-order valence-electron chi connectivity index (χ4n) is 8.24. The molecular weight excluding hydrogens is 637 g/mol. The quantitative estimate of drug-likeness (QED) is 0.177. The molecule has 0 fully saturated rings. The summed E-state index contributed by atoms with van der Waals surface area (Å²) in [5, 5.41) is 7.76. The first-order chi connectivity index (χ1) is 25.3. The lowest BCUT2D eigenvalue weighted by Gasteiger charge is -2.11. The van der Waals surface area contributed by atoms with Crippen LogP contribution >= 0.6 is 11.3 Å². The minimum Gasteiger partial charge on any atom is -0.309 e. The lowest BCUT2D eigenvalue weighted by Crippen LogP contribution is -1.95. The van der Waals surface area contributed by atoms with Gasteiger partial charge in [0.05, 0.1) is 22.1 Å². The van der Waals surface area contributed by atoms with Gasteiger partial charge in [0.2, 0.25) is 0 Å². The van der Waals surface area contributed by atoms with E-state index in [-0.39, 0.29) is 0 Å². The summed E-state index contributed by atoms with van der Waals surface area (Å²) < 4.78 is 7.53. The van der Waals surface area contributed by atoms with Crippen LogP contribution in [-0.2, 0) is 0 Å². The Morgan fingerprint density at radius 3 is 1.55 bits per heavy atom. The topological polar surface area (TPSA) is 9.86 Å². The number of aromatic nitrogens is 2. The SMILES string of the molecule is c1ccc(-c2ccc(-n3c4ccccc4c4c5c6ccccc6n(-c6cccc(-c7ccc8c(c7)sc7ccccc78)c6)c5ccc43)cc2)cc1. The molecule has 3 aromatic heterocycles. The van der Waals surface area contributed by atoms with Crippen molar-refractivity contribution in [2.45, 2.75) is 0 Å². The zero-order valence-electron chi connectivity index (χ0n) is 27.6. The van der Waals surface area contributed by atoms with Gasteiger partial charge in [-0.3, -0.25) is 0 Å². The van der Waals surface area contributed by atoms with Crippen LogP contribution in [0.1, 0.15) is 0 Å². The number of fused-ring (bicyclic) bond motifs is 10. The van der Waals surface area contributed by atoms with Gasteiger partial charge in [0.25, 0.3) is 0 Å². The molecule has 0 aliphatic rings. The molecule has 0 amide bonds. The zero-order chi connectivity index (χ0) is 33.5. The molecule has 0 aliphatic heterocycles. The van der Waals surface area contributed by atoms with Gasteiger partial charge in [-0.25, -0.2) is 0 Å². The molecule has 11 rings (SSSR count). The van der Waals surface area contributed by atoms with Gasteiger partial charge in [0.1, 0.15) is 0 Å². The Labute approximate surface area is 298 Å². The van der Waals surface area contributed by atoms with E-state index in [9.17, 15) is 0 Å². The summed E-state index contributed by atoms with van der Waals surface area (Å²) in [5.74, 6) is 0. The van der Waals surface area contributed by atoms with E-state index in [0.29, 0.717) is 0 Å². The van der Waals surface area contributed by atoms with E-state index in [1.54, 1.807) is 0 Å². The third-order valence-corrected chi connectivity index (χ3v) is 11.7. The van der Waals surface area contributed by atoms with Gasteiger partial charge in [-0.15, -0.1) is 11.3 Å². The monoisotopic (exact) mass is 666 g/mol. The van der Waals surface area contributed by atoms with Gasteiger partial charge in [-0.2, -0.15) is 0 Å². The second-order valence-electron chi connectivity index (χ2n) is 13.3. The first-order valence-electron chi connectivity index (χ1n) is 17.4. The lowest BCUT2D eigenvalue weighted by molar-refractivity contribution is 1.17. The van der Waals surface area contributed by atoms with Crippen LogP contribution in [0.15, 0.2) is 182 Å². The van der Waals surface area contributed by atoms with Gasteiger partial charge < -0.3 is 9.13 Å². The largest absolute Gasteiger partial charge is 0.309 e. The van der Waals surface area contributed by atoms with Gasteiger partial charge in [0, 0.05) is 53.1 Å². The number of hydrogen-bond donors (Lipinski definition) is 0. The Kier molecular flexibility index (Phi) is 6.16. The number of para-hydroxylation sites is 2. The molecule has 0 radical (unpaired) electrons. The van der Waals surface area contributed by atoms with Crippen LogP contribution in [0, 0.1) is 0 Å². The maximum Gasteiger partial charge on any atom is 0.0548 e. The molecule has 11 aromatic rings. The third-order valence-electron chi connectivity index (χ3n) is 10.5. The molecule has 0 unspecified atom stereocenters. The molecule has 0 atom stereocenters. The Hall–Kier alpha value is -6.42. The van der Waals surface area contributed by atoms with E-state index < -0.39 is 0 Å². The second kappa shape index (κ2) is 11.0. The van der Waals surface area contributed by atoms with Gasteiger partial charge in [-0.1, -0.05) is 121 Å². The molecular formula is C48H30N2S. The van der Waals surface area contributed by atoms with E-state index >= 15 is 0 Å². The summed E-state index contributed by atoms with van der Waals surface area (Å²) in [5.41, 5.74) is 12.1. The predicted molar refractivity (Wildman–Crippen MR) is 219 cm³/mol. The Balaban J connectivity index is 1.12. The van der Waals surface area contributed by atoms with Crippen molar-refractivity contribution in [3.8, 4) is 33.6 Å². The maximum atomic E-state index is 2.45. The molecule has 238 valence electrons. The molecule has 2 nitrogen and oxygen atoms in total. The van der Waals surface area contributed by atoms with E-state index in [4.69, 9.17) is 0 Å². The van der Waals surface area contributed by atoms with Crippen LogP contribution in [0.4, 0.5) is 0 Å². The number of hydrogen-bond acceptors (Lipinski definition) is 1. The van der Waals surface area contributed by atoms with Crippen molar-refractivity contribution in [1.29, 1.82) is 0 Å². The minimum absolute atomic E-state index is 1.16. The number of rotatable bonds is 4. The van der Waals surface area contributed by atoms with Gasteiger partial charge >= 0.3 is 0 Å². The number of nitrogens with zero attached hydrogens (tertiary/aromatic N) is 2. The molecule has 0 N–H and O–H groups in total. The van der Waals surface area contributed by atoms with Crippen LogP contribution < -0.4 is 0 Å². The van der Waals surface area contributed by atoms with Crippen molar-refractivity contribution in [1.82, 2.24) is 9.13 Å². The highest BCUT2D eigenvalue weighted by molar-refractivity contribution is 7.25. The standard InChI is InChI=1S/C48H30N2S/c1-2-11-31(12-3-1)32-21-24-35(25-22-32)49-41-18-7-4-16-39(41)47-43(49)27-28-44-48(47)40-17-5-8-19-42(40)50(44)36-14-10-13-33(29-36)34-23-26-38-37-15-6-9-20-45(37)51-46(38)30-34/h1-30H. The van der Waals surface area contributed by atoms with Crippen molar-refractivity contribution in [3.63, 3.8) is 0 Å². The molecule has 0 bridgehead atoms. The molecule has 3 heteroatoms. The van der Waals surface area contributed by atoms with Crippen LogP contribution in [0.5, 0.6) is 0 Å². The van der Waals surface area contributed by atoms with Crippen molar-refractivity contribution < 1.29 is 0 Å². The summed E-state index contributed by atoms with van der Waals surface area (Å²) in [7, 11) is 0. The Bertz CT molecular complexity index is 3120. The average molecular weight is 667 g/mol. The first-order valence-corrected chi connectivity index (χ1v) is 18.3. The summed E-state index contributed by atoms with van der Waals surface area (Å²) in [4.78, 5) is 0. The minimum atomic E-state index is 1.16. The molecule has 8 aromatic carbocycles. The number of benzene rings is 8. The molecule has 0 spiro atoms. The maximum absolute atomic E-state index is 2.45. The number of thiophene rings is 1. The van der Waals surface area contributed by atoms with Crippen LogP contribution in [-0.4, -0.2) is 9.13 Å². The van der Waals surface area contributed by atoms with E-state index in [1.165, 1.54) is 86.0 Å².